The Morgan fingerprint density at radius 2 is 1.83 bits per heavy atom. The maximum Gasteiger partial charge on any atom is 0.221 e. The zero-order valence-electron chi connectivity index (χ0n) is 9.97. The molecule has 0 fully saturated rings. The Bertz CT molecular complexity index is 634. The number of hydrogen-bond acceptors (Lipinski definition) is 2. The standard InChI is InChI=1S/C15H13NO2/c1-9(17)16-10-6-7-13-14(8-10)11-4-2-3-5-12(11)15(13)18/h2-8,15,18H,1H3,(H,16,17). The summed E-state index contributed by atoms with van der Waals surface area (Å²) >= 11 is 0. The molecule has 0 spiro atoms. The molecule has 0 radical (unpaired) electrons. The molecule has 0 aliphatic heterocycles. The highest BCUT2D eigenvalue weighted by molar-refractivity contribution is 5.90. The van der Waals surface area contributed by atoms with Gasteiger partial charge in [-0.25, -0.2) is 0 Å². The number of anilines is 1. The molecule has 3 heteroatoms. The van der Waals surface area contributed by atoms with Gasteiger partial charge >= 0.3 is 0 Å². The van der Waals surface area contributed by atoms with E-state index in [0.717, 1.165) is 27.9 Å². The number of rotatable bonds is 1. The fourth-order valence-electron chi connectivity index (χ4n) is 2.46. The Hall–Kier alpha value is -2.13. The summed E-state index contributed by atoms with van der Waals surface area (Å²) in [6.07, 6.45) is -0.567. The molecule has 0 heterocycles. The maximum absolute atomic E-state index is 11.1. The van der Waals surface area contributed by atoms with Crippen LogP contribution in [-0.4, -0.2) is 11.0 Å². The molecule has 1 atom stereocenters. The predicted molar refractivity (Wildman–Crippen MR) is 70.2 cm³/mol. The lowest BCUT2D eigenvalue weighted by Gasteiger charge is -2.07. The van der Waals surface area contributed by atoms with Crippen LogP contribution < -0.4 is 5.32 Å². The Morgan fingerprint density at radius 3 is 2.61 bits per heavy atom. The zero-order valence-corrected chi connectivity index (χ0v) is 9.97. The van der Waals surface area contributed by atoms with Gasteiger partial charge in [0.05, 0.1) is 0 Å². The van der Waals surface area contributed by atoms with Crippen molar-refractivity contribution in [3.8, 4) is 11.1 Å². The van der Waals surface area contributed by atoms with Gasteiger partial charge in [-0.15, -0.1) is 0 Å². The summed E-state index contributed by atoms with van der Waals surface area (Å²) < 4.78 is 0. The molecule has 3 rings (SSSR count). The Morgan fingerprint density at radius 1 is 1.11 bits per heavy atom. The van der Waals surface area contributed by atoms with Crippen LogP contribution in [0.3, 0.4) is 0 Å². The van der Waals surface area contributed by atoms with E-state index in [1.165, 1.54) is 6.92 Å². The van der Waals surface area contributed by atoms with Crippen LogP contribution in [0.5, 0.6) is 0 Å². The number of benzene rings is 2. The first-order chi connectivity index (χ1) is 8.66. The van der Waals surface area contributed by atoms with Crippen molar-refractivity contribution in [2.45, 2.75) is 13.0 Å². The average molecular weight is 239 g/mol. The van der Waals surface area contributed by atoms with Crippen LogP contribution in [-0.2, 0) is 4.79 Å². The maximum atomic E-state index is 11.1. The van der Waals surface area contributed by atoms with Crippen molar-refractivity contribution in [2.24, 2.45) is 0 Å². The number of carbonyl (C=O) groups is 1. The Kier molecular flexibility index (Phi) is 2.42. The van der Waals surface area contributed by atoms with Gasteiger partial charge < -0.3 is 10.4 Å². The van der Waals surface area contributed by atoms with Crippen LogP contribution in [0, 0.1) is 0 Å². The summed E-state index contributed by atoms with van der Waals surface area (Å²) in [6.45, 7) is 1.48. The first-order valence-electron chi connectivity index (χ1n) is 5.86. The lowest BCUT2D eigenvalue weighted by atomic mass is 10.1. The number of amides is 1. The van der Waals surface area contributed by atoms with Crippen molar-refractivity contribution in [3.05, 3.63) is 53.6 Å². The summed E-state index contributed by atoms with van der Waals surface area (Å²) in [7, 11) is 0. The first-order valence-corrected chi connectivity index (χ1v) is 5.86. The second-order valence-electron chi connectivity index (χ2n) is 4.47. The summed E-state index contributed by atoms with van der Waals surface area (Å²) in [5.74, 6) is -0.0956. The lowest BCUT2D eigenvalue weighted by molar-refractivity contribution is -0.114. The van der Waals surface area contributed by atoms with E-state index in [9.17, 15) is 9.90 Å². The topological polar surface area (TPSA) is 49.3 Å². The van der Waals surface area contributed by atoms with Crippen molar-refractivity contribution in [1.82, 2.24) is 0 Å². The molecular weight excluding hydrogens is 226 g/mol. The number of aliphatic hydroxyl groups excluding tert-OH is 1. The van der Waals surface area contributed by atoms with Gasteiger partial charge in [-0.3, -0.25) is 4.79 Å². The van der Waals surface area contributed by atoms with E-state index in [1.807, 2.05) is 42.5 Å². The monoisotopic (exact) mass is 239 g/mol. The van der Waals surface area contributed by atoms with Crippen molar-refractivity contribution in [3.63, 3.8) is 0 Å². The Balaban J connectivity index is 2.13. The molecule has 2 aromatic carbocycles. The van der Waals surface area contributed by atoms with Crippen molar-refractivity contribution in [1.29, 1.82) is 0 Å². The number of nitrogens with one attached hydrogen (secondary N) is 1. The quantitative estimate of drug-likeness (QED) is 0.803. The average Bonchev–Trinajstić information content (AvgIpc) is 2.63. The van der Waals surface area contributed by atoms with E-state index in [4.69, 9.17) is 0 Å². The van der Waals surface area contributed by atoms with Crippen LogP contribution in [0.2, 0.25) is 0 Å². The third-order valence-corrected chi connectivity index (χ3v) is 3.21. The van der Waals surface area contributed by atoms with Crippen molar-refractivity contribution < 1.29 is 9.90 Å². The Labute approximate surface area is 105 Å². The second-order valence-corrected chi connectivity index (χ2v) is 4.47. The number of carbonyl (C=O) groups excluding carboxylic acids is 1. The van der Waals surface area contributed by atoms with E-state index in [2.05, 4.69) is 5.32 Å². The summed E-state index contributed by atoms with van der Waals surface area (Å²) in [6, 6.07) is 13.4. The molecule has 0 aromatic heterocycles. The fourth-order valence-corrected chi connectivity index (χ4v) is 2.46. The van der Waals surface area contributed by atoms with Gasteiger partial charge in [0.1, 0.15) is 6.10 Å². The fraction of sp³-hybridized carbons (Fsp3) is 0.133. The zero-order chi connectivity index (χ0) is 12.7. The van der Waals surface area contributed by atoms with Gasteiger partial charge in [0, 0.05) is 12.6 Å². The van der Waals surface area contributed by atoms with Gasteiger partial charge in [-0.2, -0.15) is 0 Å². The minimum atomic E-state index is -0.567. The highest BCUT2D eigenvalue weighted by atomic mass is 16.3. The first kappa shape index (κ1) is 11.0. The summed E-state index contributed by atoms with van der Waals surface area (Å²) in [4.78, 5) is 11.1. The summed E-state index contributed by atoms with van der Waals surface area (Å²) in [5, 5.41) is 13.0. The van der Waals surface area contributed by atoms with Crippen LogP contribution in [0.25, 0.3) is 11.1 Å². The number of hydrogen-bond donors (Lipinski definition) is 2. The second kappa shape index (κ2) is 3.96. The van der Waals surface area contributed by atoms with Gasteiger partial charge in [-0.05, 0) is 34.4 Å². The molecule has 18 heavy (non-hydrogen) atoms. The molecule has 0 saturated carbocycles. The molecule has 0 bridgehead atoms. The molecule has 2 N–H and O–H groups in total. The van der Waals surface area contributed by atoms with E-state index in [0.29, 0.717) is 0 Å². The minimum Gasteiger partial charge on any atom is -0.384 e. The smallest absolute Gasteiger partial charge is 0.221 e. The van der Waals surface area contributed by atoms with Gasteiger partial charge in [-0.1, -0.05) is 30.3 Å². The van der Waals surface area contributed by atoms with E-state index < -0.39 is 6.10 Å². The molecule has 3 nitrogen and oxygen atoms in total. The number of fused-ring (bicyclic) bond motifs is 3. The lowest BCUT2D eigenvalue weighted by Crippen LogP contribution is -2.05. The SMILES string of the molecule is CC(=O)Nc1ccc2c(c1)-c1ccccc1C2O. The molecule has 90 valence electrons. The molecule has 1 unspecified atom stereocenters. The third-order valence-electron chi connectivity index (χ3n) is 3.21. The van der Waals surface area contributed by atoms with Gasteiger partial charge in [0.2, 0.25) is 5.91 Å². The minimum absolute atomic E-state index is 0.0956. The third kappa shape index (κ3) is 1.60. The molecule has 1 aliphatic rings. The van der Waals surface area contributed by atoms with Crippen LogP contribution in [0.4, 0.5) is 5.69 Å². The van der Waals surface area contributed by atoms with E-state index >= 15 is 0 Å². The summed E-state index contributed by atoms with van der Waals surface area (Å²) in [5.41, 5.74) is 4.60. The van der Waals surface area contributed by atoms with Crippen LogP contribution in [0.15, 0.2) is 42.5 Å². The molecule has 1 aliphatic carbocycles. The largest absolute Gasteiger partial charge is 0.384 e. The van der Waals surface area contributed by atoms with E-state index in [-0.39, 0.29) is 5.91 Å². The number of aliphatic hydroxyl groups is 1. The molecular formula is C15H13NO2. The highest BCUT2D eigenvalue weighted by Gasteiger charge is 2.26. The van der Waals surface area contributed by atoms with Crippen LogP contribution >= 0.6 is 0 Å². The molecule has 2 aromatic rings. The van der Waals surface area contributed by atoms with Crippen molar-refractivity contribution >= 4 is 11.6 Å². The molecule has 0 saturated heterocycles. The van der Waals surface area contributed by atoms with Gasteiger partial charge in [0.25, 0.3) is 0 Å². The van der Waals surface area contributed by atoms with E-state index in [1.54, 1.807) is 0 Å². The highest BCUT2D eigenvalue weighted by Crippen LogP contribution is 2.44. The van der Waals surface area contributed by atoms with Crippen molar-refractivity contribution in [2.75, 3.05) is 5.32 Å². The molecule has 1 amide bonds. The normalized spacial score (nSPS) is 16.0. The van der Waals surface area contributed by atoms with Gasteiger partial charge in [0.15, 0.2) is 0 Å². The predicted octanol–water partition coefficient (Wildman–Crippen LogP) is 2.71. The van der Waals surface area contributed by atoms with Crippen LogP contribution in [0.1, 0.15) is 24.2 Å².